The number of rotatable bonds is 30. The Morgan fingerprint density at radius 2 is 0.990 bits per heavy atom. The summed E-state index contributed by atoms with van der Waals surface area (Å²) in [6, 6.07) is 6.80. The van der Waals surface area contributed by atoms with Gasteiger partial charge in [-0.1, -0.05) is 73.6 Å². The number of ether oxygens (including phenoxy) is 18. The minimum absolute atomic E-state index is 0.178. The van der Waals surface area contributed by atoms with Crippen molar-refractivity contribution < 1.29 is 146 Å². The molecule has 4 fully saturated rings. The largest absolute Gasteiger partial charge is 0.497 e. The van der Waals surface area contributed by atoms with Crippen LogP contribution in [0.2, 0.25) is 22.2 Å². The van der Waals surface area contributed by atoms with E-state index in [0.717, 1.165) is 69.4 Å². The maximum Gasteiger partial charge on any atom is 0.366 e. The summed E-state index contributed by atoms with van der Waals surface area (Å²) in [4.78, 5) is 134. The highest BCUT2D eigenvalue weighted by molar-refractivity contribution is 6.84. The Bertz CT molecular complexity index is 2870. The fourth-order valence-corrected chi connectivity index (χ4v) is 23.4. The molecule has 5 rings (SSSR count). The molecule has 33 heteroatoms. The van der Waals surface area contributed by atoms with E-state index in [-0.39, 0.29) is 42.0 Å². The molecule has 0 N–H and O–H groups in total. The van der Waals surface area contributed by atoms with Gasteiger partial charge in [-0.25, -0.2) is 4.79 Å². The van der Waals surface area contributed by atoms with E-state index in [1.54, 1.807) is 24.3 Å². The molecule has 17 atom stereocenters. The Balaban J connectivity index is 1.96. The van der Waals surface area contributed by atoms with E-state index in [1.165, 1.54) is 13.2 Å². The maximum absolute atomic E-state index is 14.7. The standard InChI is InChI=1S/C64H96O31Si2/c1-21-26-80-64(63(74)76-20)27-47(79-28-45-22-24-46(75-19)25-23-45)51(54(93-64)50-31-81-96(32(2)3,33(4)5)95-97(94-50,34(6)7)35(8)9)89-61-60(88-44(18)73)58(56(85-41(15)70)53(90-61)49(83-39(13)68)30-78-37(11)66)92-62-59(87-43(17)72)57(86-42(16)71)55(84-40(14)69)52(91-62)48(82-38(12)67)29-77-36(10)65/h21-25,32-35,47-62H,1,26-31H2,2-20H3/t47-,48+,49+,50+,51-,52-,53-,54-,55-,56-,57+,58+,59+,60+,61+,62-,64+/m1/s1. The first kappa shape index (κ1) is 81.2. The molecule has 0 aromatic heterocycles. The zero-order chi connectivity index (χ0) is 72.6. The third-order valence-corrected chi connectivity index (χ3v) is 26.5. The van der Waals surface area contributed by atoms with Crippen LogP contribution in [0.5, 0.6) is 5.75 Å². The summed E-state index contributed by atoms with van der Waals surface area (Å²) in [7, 11) is -4.45. The second kappa shape index (κ2) is 36.0. The summed E-state index contributed by atoms with van der Waals surface area (Å²) in [6.45, 7) is 26.1. The normalized spacial score (nSPS) is 29.1. The topological polar surface area (TPSA) is 365 Å². The van der Waals surface area contributed by atoms with Crippen molar-refractivity contribution >= 4 is 76.8 Å². The van der Waals surface area contributed by atoms with Gasteiger partial charge in [0.25, 0.3) is 5.79 Å². The van der Waals surface area contributed by atoms with Crippen molar-refractivity contribution in [1.82, 2.24) is 0 Å². The fourth-order valence-electron chi connectivity index (χ4n) is 12.2. The molecule has 97 heavy (non-hydrogen) atoms. The Hall–Kier alpha value is -6.51. The van der Waals surface area contributed by atoms with Crippen LogP contribution in [0.1, 0.15) is 130 Å². The highest BCUT2D eigenvalue weighted by Crippen LogP contribution is 2.49. The fraction of sp³-hybridized carbons (Fsp3) is 0.719. The zero-order valence-electron chi connectivity index (χ0n) is 58.5. The lowest BCUT2D eigenvalue weighted by Gasteiger charge is -2.52. The number of methoxy groups -OCH3 is 2. The van der Waals surface area contributed by atoms with Crippen molar-refractivity contribution in [2.24, 2.45) is 0 Å². The average molecular weight is 1420 g/mol. The summed E-state index contributed by atoms with van der Waals surface area (Å²) < 4.78 is 133. The molecule has 0 bridgehead atoms. The Morgan fingerprint density at radius 3 is 1.40 bits per heavy atom. The summed E-state index contributed by atoms with van der Waals surface area (Å²) in [6.07, 6.45) is -29.7. The molecule has 0 spiro atoms. The highest BCUT2D eigenvalue weighted by Gasteiger charge is 2.66. The molecule has 4 aliphatic heterocycles. The number of hydrogen-bond acceptors (Lipinski definition) is 31. The van der Waals surface area contributed by atoms with Gasteiger partial charge >= 0.3 is 76.8 Å². The van der Waals surface area contributed by atoms with E-state index in [2.05, 4.69) is 6.58 Å². The van der Waals surface area contributed by atoms with E-state index in [0.29, 0.717) is 11.3 Å². The molecule has 4 aliphatic rings. The van der Waals surface area contributed by atoms with Gasteiger partial charge in [-0.2, -0.15) is 0 Å². The number of carbonyl (C=O) groups is 10. The van der Waals surface area contributed by atoms with Gasteiger partial charge in [0, 0.05) is 68.7 Å². The Kier molecular flexibility index (Phi) is 30.1. The molecule has 0 aliphatic carbocycles. The Labute approximate surface area is 566 Å². The minimum atomic E-state index is -3.67. The third-order valence-electron chi connectivity index (χ3n) is 16.2. The van der Waals surface area contributed by atoms with Crippen LogP contribution in [0.15, 0.2) is 36.9 Å². The van der Waals surface area contributed by atoms with Crippen LogP contribution >= 0.6 is 0 Å². The van der Waals surface area contributed by atoms with Crippen LogP contribution in [0.4, 0.5) is 0 Å². The molecule has 0 unspecified atom stereocenters. The van der Waals surface area contributed by atoms with Gasteiger partial charge in [0.1, 0.15) is 49.5 Å². The van der Waals surface area contributed by atoms with E-state index in [4.69, 9.17) is 98.2 Å². The summed E-state index contributed by atoms with van der Waals surface area (Å²) in [5.74, 6) is -12.2. The van der Waals surface area contributed by atoms with Crippen molar-refractivity contribution in [1.29, 1.82) is 0 Å². The van der Waals surface area contributed by atoms with Gasteiger partial charge in [0.15, 0.2) is 55.3 Å². The van der Waals surface area contributed by atoms with Gasteiger partial charge in [0.2, 0.25) is 0 Å². The van der Waals surface area contributed by atoms with Crippen LogP contribution in [-0.2, 0) is 148 Å². The van der Waals surface area contributed by atoms with Gasteiger partial charge in [-0.05, 0) is 39.9 Å². The van der Waals surface area contributed by atoms with Gasteiger partial charge < -0.3 is 98.2 Å². The quantitative estimate of drug-likeness (QED) is 0.0410. The number of esters is 10. The molecular weight excluding hydrogens is 1320 g/mol. The molecule has 4 heterocycles. The van der Waals surface area contributed by atoms with Gasteiger partial charge in [-0.3, -0.25) is 43.2 Å². The maximum atomic E-state index is 14.7. The highest BCUT2D eigenvalue weighted by atomic mass is 28.5. The first-order valence-corrected chi connectivity index (χ1v) is 35.8. The molecule has 1 aromatic carbocycles. The summed E-state index contributed by atoms with van der Waals surface area (Å²) >= 11 is 0. The molecule has 0 amide bonds. The first-order valence-electron chi connectivity index (χ1n) is 31.8. The van der Waals surface area contributed by atoms with Crippen LogP contribution in [0.25, 0.3) is 0 Å². The van der Waals surface area contributed by atoms with Crippen LogP contribution in [-0.4, -0.2) is 221 Å². The monoisotopic (exact) mass is 1420 g/mol. The molecule has 1 aromatic rings. The van der Waals surface area contributed by atoms with Crippen LogP contribution in [0, 0.1) is 0 Å². The van der Waals surface area contributed by atoms with E-state index in [9.17, 15) is 47.9 Å². The van der Waals surface area contributed by atoms with Crippen LogP contribution in [0.3, 0.4) is 0 Å². The number of hydrogen-bond donors (Lipinski definition) is 0. The molecular formula is C64H96O31Si2. The Morgan fingerprint density at radius 1 is 0.557 bits per heavy atom. The number of benzene rings is 1. The van der Waals surface area contributed by atoms with E-state index in [1.807, 2.05) is 55.4 Å². The second-order valence-corrected chi connectivity index (χ2v) is 33.7. The molecule has 0 radical (unpaired) electrons. The SMILES string of the molecule is C=CCO[C@@]1(C(=O)OC)C[C@@H](OCc2ccc(OC)cc2)[C@@H](O[C@H]2O[C@H]([C@H](COC(C)=O)OC(C)=O)[C@@H](OC(C)=O)[C@H](O[C@H]3O[C@H]([C@H](COC(C)=O)OC(C)=O)[C@@H](OC(C)=O)[C@H](OC(C)=O)[C@@H]3OC(C)=O)[C@@H]2OC(C)=O)[C@@H]([C@@H]2CO[Si](C(C)C)(C(C)C)O[Si](C(C)C)(C(C)C)O2)O1. The lowest BCUT2D eigenvalue weighted by atomic mass is 9.90. The van der Waals surface area contributed by atoms with Crippen molar-refractivity contribution in [2.75, 3.05) is 40.6 Å². The number of carbonyl (C=O) groups excluding carboxylic acids is 10. The van der Waals surface area contributed by atoms with Crippen LogP contribution < -0.4 is 4.74 Å². The molecule has 4 saturated heterocycles. The predicted octanol–water partition coefficient (Wildman–Crippen LogP) is 5.27. The zero-order valence-corrected chi connectivity index (χ0v) is 60.5. The average Bonchev–Trinajstić information content (AvgIpc) is 1.73. The van der Waals surface area contributed by atoms with E-state index >= 15 is 0 Å². The van der Waals surface area contributed by atoms with Crippen molar-refractivity contribution in [2.45, 2.75) is 257 Å². The van der Waals surface area contributed by atoms with Gasteiger partial charge in [0.05, 0.1) is 46.2 Å². The molecule has 31 nitrogen and oxygen atoms in total. The smallest absolute Gasteiger partial charge is 0.366 e. The molecule has 546 valence electrons. The summed E-state index contributed by atoms with van der Waals surface area (Å²) in [5.41, 5.74) is -0.395. The third kappa shape index (κ3) is 21.0. The lowest BCUT2D eigenvalue weighted by molar-refractivity contribution is -0.389. The first-order chi connectivity index (χ1) is 45.5. The minimum Gasteiger partial charge on any atom is -0.497 e. The van der Waals surface area contributed by atoms with Gasteiger partial charge in [-0.15, -0.1) is 6.58 Å². The van der Waals surface area contributed by atoms with Crippen molar-refractivity contribution in [3.05, 3.63) is 42.5 Å². The van der Waals surface area contributed by atoms with Crippen molar-refractivity contribution in [3.8, 4) is 5.75 Å². The predicted molar refractivity (Wildman–Crippen MR) is 335 cm³/mol. The molecule has 0 saturated carbocycles. The lowest BCUT2D eigenvalue weighted by Crippen LogP contribution is -2.70. The summed E-state index contributed by atoms with van der Waals surface area (Å²) in [5, 5.41) is 0. The van der Waals surface area contributed by atoms with Crippen molar-refractivity contribution in [3.63, 3.8) is 0 Å². The second-order valence-electron chi connectivity index (χ2n) is 24.9. The van der Waals surface area contributed by atoms with E-state index < -0.39 is 200 Å².